The van der Waals surface area contributed by atoms with Crippen LogP contribution in [0.2, 0.25) is 5.02 Å². The van der Waals surface area contributed by atoms with Gasteiger partial charge in [-0.25, -0.2) is 0 Å². The molecule has 3 rings (SSSR count). The Morgan fingerprint density at radius 3 is 2.81 bits per heavy atom. The van der Waals surface area contributed by atoms with Gasteiger partial charge in [-0.1, -0.05) is 35.9 Å². The van der Waals surface area contributed by atoms with Gasteiger partial charge in [0, 0.05) is 16.2 Å². The molecule has 0 saturated carbocycles. The third kappa shape index (κ3) is 2.91. The summed E-state index contributed by atoms with van der Waals surface area (Å²) in [6.45, 7) is 0. The Kier molecular flexibility index (Phi) is 4.43. The van der Waals surface area contributed by atoms with E-state index in [1.807, 2.05) is 30.9 Å². The molecule has 2 unspecified atom stereocenters. The largest absolute Gasteiger partial charge is 0.495 e. The lowest BCUT2D eigenvalue weighted by Crippen LogP contribution is -2.27. The lowest BCUT2D eigenvalue weighted by molar-refractivity contribution is 0.413. The average Bonchev–Trinajstić information content (AvgIpc) is 2.93. The van der Waals surface area contributed by atoms with Crippen molar-refractivity contribution in [2.24, 2.45) is 0 Å². The van der Waals surface area contributed by atoms with Crippen molar-refractivity contribution in [2.75, 3.05) is 14.2 Å². The Morgan fingerprint density at radius 1 is 1.29 bits per heavy atom. The van der Waals surface area contributed by atoms with Crippen LogP contribution in [0.5, 0.6) is 5.75 Å². The molecule has 4 heteroatoms. The molecule has 0 radical (unpaired) electrons. The number of benzene rings is 2. The molecule has 2 nitrogen and oxygen atoms in total. The molecule has 2 atom stereocenters. The zero-order valence-corrected chi connectivity index (χ0v) is 13.7. The van der Waals surface area contributed by atoms with E-state index in [4.69, 9.17) is 16.3 Å². The fourth-order valence-electron chi connectivity index (χ4n) is 2.83. The fourth-order valence-corrected chi connectivity index (χ4v) is 4.50. The molecule has 0 fully saturated rings. The van der Waals surface area contributed by atoms with Crippen LogP contribution in [0, 0.1) is 0 Å². The predicted molar refractivity (Wildman–Crippen MR) is 89.6 cm³/mol. The Labute approximate surface area is 134 Å². The lowest BCUT2D eigenvalue weighted by Gasteiger charge is -2.23. The number of fused-ring (bicyclic) bond motifs is 1. The average molecular weight is 320 g/mol. The first-order chi connectivity index (χ1) is 10.2. The molecule has 1 aliphatic rings. The molecule has 2 aromatic carbocycles. The van der Waals surface area contributed by atoms with Crippen molar-refractivity contribution in [2.45, 2.75) is 22.6 Å². The summed E-state index contributed by atoms with van der Waals surface area (Å²) in [7, 11) is 3.66. The number of thioether (sulfide) groups is 1. The van der Waals surface area contributed by atoms with Gasteiger partial charge in [-0.2, -0.15) is 0 Å². The Morgan fingerprint density at radius 2 is 2.10 bits per heavy atom. The van der Waals surface area contributed by atoms with E-state index in [0.29, 0.717) is 10.3 Å². The summed E-state index contributed by atoms with van der Waals surface area (Å²) < 4.78 is 5.34. The SMILES string of the molecule is CNC(c1ccc(Cl)c(OC)c1)C1Cc2ccccc2S1. The highest BCUT2D eigenvalue weighted by atomic mass is 35.5. The van der Waals surface area contributed by atoms with Crippen LogP contribution in [0.25, 0.3) is 0 Å². The summed E-state index contributed by atoms with van der Waals surface area (Å²) in [5, 5.41) is 4.58. The molecule has 21 heavy (non-hydrogen) atoms. The van der Waals surface area contributed by atoms with Crippen LogP contribution < -0.4 is 10.1 Å². The van der Waals surface area contributed by atoms with E-state index >= 15 is 0 Å². The summed E-state index contributed by atoms with van der Waals surface area (Å²) in [5.41, 5.74) is 2.65. The lowest BCUT2D eigenvalue weighted by atomic mass is 9.98. The standard InChI is InChI=1S/C17H18ClNOS/c1-19-17(12-7-8-13(18)14(9-12)20-2)16-10-11-5-3-4-6-15(11)21-16/h3-9,16-17,19H,10H2,1-2H3. The smallest absolute Gasteiger partial charge is 0.137 e. The summed E-state index contributed by atoms with van der Waals surface area (Å²) in [5.74, 6) is 0.731. The van der Waals surface area contributed by atoms with Crippen molar-refractivity contribution in [1.82, 2.24) is 5.32 Å². The van der Waals surface area contributed by atoms with E-state index in [1.165, 1.54) is 16.0 Å². The highest BCUT2D eigenvalue weighted by Gasteiger charge is 2.29. The van der Waals surface area contributed by atoms with Crippen LogP contribution in [0.1, 0.15) is 17.2 Å². The molecular weight excluding hydrogens is 302 g/mol. The first kappa shape index (κ1) is 14.8. The second-order valence-corrected chi connectivity index (χ2v) is 6.82. The molecule has 0 aromatic heterocycles. The van der Waals surface area contributed by atoms with E-state index in [-0.39, 0.29) is 6.04 Å². The fraction of sp³-hybridized carbons (Fsp3) is 0.294. The molecule has 2 aromatic rings. The third-order valence-electron chi connectivity index (χ3n) is 3.89. The van der Waals surface area contributed by atoms with E-state index in [2.05, 4.69) is 35.6 Å². The number of ether oxygens (including phenoxy) is 1. The maximum Gasteiger partial charge on any atom is 0.137 e. The van der Waals surface area contributed by atoms with Crippen LogP contribution in [-0.4, -0.2) is 19.4 Å². The van der Waals surface area contributed by atoms with Gasteiger partial charge in [0.15, 0.2) is 0 Å². The van der Waals surface area contributed by atoms with Crippen molar-refractivity contribution in [3.05, 3.63) is 58.6 Å². The third-order valence-corrected chi connectivity index (χ3v) is 5.60. The number of hydrogen-bond acceptors (Lipinski definition) is 3. The van der Waals surface area contributed by atoms with Crippen molar-refractivity contribution < 1.29 is 4.74 Å². The molecule has 0 aliphatic carbocycles. The molecule has 0 spiro atoms. The van der Waals surface area contributed by atoms with E-state index < -0.39 is 0 Å². The van der Waals surface area contributed by atoms with Crippen molar-refractivity contribution in [1.29, 1.82) is 0 Å². The molecule has 0 bridgehead atoms. The monoisotopic (exact) mass is 319 g/mol. The minimum Gasteiger partial charge on any atom is -0.495 e. The minimum absolute atomic E-state index is 0.272. The van der Waals surface area contributed by atoms with Gasteiger partial charge in [0.05, 0.1) is 12.1 Å². The van der Waals surface area contributed by atoms with Crippen LogP contribution in [-0.2, 0) is 6.42 Å². The summed E-state index contributed by atoms with van der Waals surface area (Å²) in [6.07, 6.45) is 1.08. The van der Waals surface area contributed by atoms with Crippen LogP contribution in [0.3, 0.4) is 0 Å². The van der Waals surface area contributed by atoms with Crippen molar-refractivity contribution >= 4 is 23.4 Å². The number of rotatable bonds is 4. The Bertz CT molecular complexity index is 621. The molecule has 1 heterocycles. The zero-order chi connectivity index (χ0) is 14.8. The number of methoxy groups -OCH3 is 1. The summed E-state index contributed by atoms with van der Waals surface area (Å²) >= 11 is 8.07. The quantitative estimate of drug-likeness (QED) is 0.906. The van der Waals surface area contributed by atoms with Crippen molar-refractivity contribution in [3.8, 4) is 5.75 Å². The summed E-state index contributed by atoms with van der Waals surface area (Å²) in [6, 6.07) is 14.9. The second-order valence-electron chi connectivity index (χ2n) is 5.13. The highest BCUT2D eigenvalue weighted by Crippen LogP contribution is 2.43. The van der Waals surface area contributed by atoms with E-state index in [1.54, 1.807) is 7.11 Å². The first-order valence-electron chi connectivity index (χ1n) is 6.98. The molecule has 0 amide bonds. The van der Waals surface area contributed by atoms with Gasteiger partial charge in [0.2, 0.25) is 0 Å². The van der Waals surface area contributed by atoms with Gasteiger partial charge < -0.3 is 10.1 Å². The van der Waals surface area contributed by atoms with Crippen molar-refractivity contribution in [3.63, 3.8) is 0 Å². The minimum atomic E-state index is 0.272. The van der Waals surface area contributed by atoms with Crippen LogP contribution >= 0.6 is 23.4 Å². The normalized spacial score (nSPS) is 18.3. The van der Waals surface area contributed by atoms with Gasteiger partial charge >= 0.3 is 0 Å². The Balaban J connectivity index is 1.87. The van der Waals surface area contributed by atoms with Crippen LogP contribution in [0.4, 0.5) is 0 Å². The molecule has 1 N–H and O–H groups in total. The Hall–Kier alpha value is -1.16. The summed E-state index contributed by atoms with van der Waals surface area (Å²) in [4.78, 5) is 1.39. The van der Waals surface area contributed by atoms with E-state index in [9.17, 15) is 0 Å². The molecule has 110 valence electrons. The molecule has 0 saturated heterocycles. The van der Waals surface area contributed by atoms with Gasteiger partial charge in [0.25, 0.3) is 0 Å². The second kappa shape index (κ2) is 6.30. The predicted octanol–water partition coefficient (Wildman–Crippen LogP) is 4.33. The van der Waals surface area contributed by atoms with E-state index in [0.717, 1.165) is 12.2 Å². The number of hydrogen-bond donors (Lipinski definition) is 1. The highest BCUT2D eigenvalue weighted by molar-refractivity contribution is 8.00. The maximum atomic E-state index is 6.13. The number of nitrogens with one attached hydrogen (secondary N) is 1. The van der Waals surface area contributed by atoms with Gasteiger partial charge in [-0.15, -0.1) is 11.8 Å². The van der Waals surface area contributed by atoms with Gasteiger partial charge in [-0.05, 0) is 42.8 Å². The maximum absolute atomic E-state index is 6.13. The first-order valence-corrected chi connectivity index (χ1v) is 8.24. The topological polar surface area (TPSA) is 21.3 Å². The van der Waals surface area contributed by atoms with Gasteiger partial charge in [0.1, 0.15) is 5.75 Å². The molecule has 1 aliphatic heterocycles. The molecular formula is C17H18ClNOS. The number of halogens is 1. The van der Waals surface area contributed by atoms with Crippen LogP contribution in [0.15, 0.2) is 47.4 Å². The van der Waals surface area contributed by atoms with Gasteiger partial charge in [-0.3, -0.25) is 0 Å². The zero-order valence-electron chi connectivity index (χ0n) is 12.1.